The maximum atomic E-state index is 12.5. The van der Waals surface area contributed by atoms with Crippen molar-refractivity contribution < 1.29 is 14.5 Å². The van der Waals surface area contributed by atoms with Crippen LogP contribution in [0.1, 0.15) is 37.7 Å². The topological polar surface area (TPSA) is 92.5 Å². The minimum absolute atomic E-state index is 0.0488. The van der Waals surface area contributed by atoms with Gasteiger partial charge < -0.3 is 5.32 Å². The van der Waals surface area contributed by atoms with Crippen LogP contribution in [0.25, 0.3) is 6.08 Å². The van der Waals surface area contributed by atoms with Crippen molar-refractivity contribution in [2.24, 2.45) is 0 Å². The van der Waals surface area contributed by atoms with Gasteiger partial charge in [0, 0.05) is 18.2 Å². The summed E-state index contributed by atoms with van der Waals surface area (Å²) in [7, 11) is 0. The van der Waals surface area contributed by atoms with Crippen molar-refractivity contribution in [2.45, 2.75) is 38.1 Å². The highest BCUT2D eigenvalue weighted by Crippen LogP contribution is 2.27. The van der Waals surface area contributed by atoms with Gasteiger partial charge >= 0.3 is 6.03 Å². The molecule has 3 amide bonds. The molecule has 0 radical (unpaired) electrons. The normalized spacial score (nSPS) is 20.9. The zero-order valence-electron chi connectivity index (χ0n) is 12.5. The molecule has 120 valence electrons. The van der Waals surface area contributed by atoms with Crippen LogP contribution in [0.2, 0.25) is 0 Å². The van der Waals surface area contributed by atoms with Crippen LogP contribution in [-0.2, 0) is 4.79 Å². The van der Waals surface area contributed by atoms with Crippen LogP contribution in [0.15, 0.2) is 30.0 Å². The fourth-order valence-electron chi connectivity index (χ4n) is 3.11. The number of non-ortho nitro benzene ring substituents is 1. The lowest BCUT2D eigenvalue weighted by Crippen LogP contribution is -2.41. The highest BCUT2D eigenvalue weighted by atomic mass is 16.6. The van der Waals surface area contributed by atoms with Crippen molar-refractivity contribution in [3.63, 3.8) is 0 Å². The number of carbonyl (C=O) groups excluding carboxylic acids is 2. The molecule has 7 nitrogen and oxygen atoms in total. The molecule has 0 aromatic heterocycles. The Labute approximate surface area is 133 Å². The molecule has 1 aliphatic carbocycles. The fraction of sp³-hybridized carbons (Fsp3) is 0.375. The summed E-state index contributed by atoms with van der Waals surface area (Å²) < 4.78 is 0. The summed E-state index contributed by atoms with van der Waals surface area (Å²) >= 11 is 0. The second-order valence-corrected chi connectivity index (χ2v) is 5.81. The van der Waals surface area contributed by atoms with E-state index in [1.165, 1.54) is 23.1 Å². The third-order valence-corrected chi connectivity index (χ3v) is 4.24. The minimum atomic E-state index is -0.495. The van der Waals surface area contributed by atoms with Crippen molar-refractivity contribution in [1.82, 2.24) is 10.2 Å². The summed E-state index contributed by atoms with van der Waals surface area (Å²) in [4.78, 5) is 36.2. The Morgan fingerprint density at radius 1 is 1.22 bits per heavy atom. The number of hydrogen-bond acceptors (Lipinski definition) is 4. The van der Waals surface area contributed by atoms with Crippen LogP contribution in [-0.4, -0.2) is 27.8 Å². The zero-order valence-corrected chi connectivity index (χ0v) is 12.5. The molecule has 0 bridgehead atoms. The van der Waals surface area contributed by atoms with E-state index in [1.54, 1.807) is 12.1 Å². The number of nitro groups is 1. The van der Waals surface area contributed by atoms with Gasteiger partial charge in [-0.3, -0.25) is 19.8 Å². The molecule has 2 aliphatic rings. The Morgan fingerprint density at radius 2 is 1.96 bits per heavy atom. The van der Waals surface area contributed by atoms with Crippen molar-refractivity contribution in [3.05, 3.63) is 45.6 Å². The van der Waals surface area contributed by atoms with Gasteiger partial charge in [-0.2, -0.15) is 0 Å². The Bertz CT molecular complexity index is 692. The first-order valence-corrected chi connectivity index (χ1v) is 7.67. The van der Waals surface area contributed by atoms with E-state index in [4.69, 9.17) is 0 Å². The van der Waals surface area contributed by atoms with E-state index in [0.717, 1.165) is 32.1 Å². The predicted octanol–water partition coefficient (Wildman–Crippen LogP) is 2.82. The van der Waals surface area contributed by atoms with Crippen LogP contribution in [0.4, 0.5) is 10.5 Å². The van der Waals surface area contributed by atoms with Gasteiger partial charge in [0.25, 0.3) is 11.6 Å². The quantitative estimate of drug-likeness (QED) is 0.402. The number of urea groups is 1. The molecule has 1 aromatic carbocycles. The summed E-state index contributed by atoms with van der Waals surface area (Å²) in [6.07, 6.45) is 6.33. The largest absolute Gasteiger partial charge is 0.329 e. The van der Waals surface area contributed by atoms with Crippen molar-refractivity contribution in [2.75, 3.05) is 0 Å². The van der Waals surface area contributed by atoms with Crippen LogP contribution in [0.5, 0.6) is 0 Å². The van der Waals surface area contributed by atoms with Crippen LogP contribution in [0, 0.1) is 10.1 Å². The van der Waals surface area contributed by atoms with Gasteiger partial charge in [0.1, 0.15) is 5.70 Å². The predicted molar refractivity (Wildman–Crippen MR) is 83.3 cm³/mol. The number of nitrogens with zero attached hydrogens (tertiary/aromatic N) is 2. The molecule has 7 heteroatoms. The van der Waals surface area contributed by atoms with Crippen molar-refractivity contribution >= 4 is 23.7 Å². The van der Waals surface area contributed by atoms with Crippen molar-refractivity contribution in [3.8, 4) is 0 Å². The molecule has 0 unspecified atom stereocenters. The van der Waals surface area contributed by atoms with E-state index in [-0.39, 0.29) is 23.3 Å². The number of benzene rings is 1. The molecule has 2 fully saturated rings. The van der Waals surface area contributed by atoms with Gasteiger partial charge in [-0.25, -0.2) is 4.79 Å². The van der Waals surface area contributed by atoms with E-state index in [9.17, 15) is 19.7 Å². The summed E-state index contributed by atoms with van der Waals surface area (Å²) in [6.45, 7) is 0. The third-order valence-electron chi connectivity index (χ3n) is 4.24. The number of amides is 3. The monoisotopic (exact) mass is 315 g/mol. The van der Waals surface area contributed by atoms with Crippen LogP contribution >= 0.6 is 0 Å². The first-order valence-electron chi connectivity index (χ1n) is 7.67. The summed E-state index contributed by atoms with van der Waals surface area (Å²) in [6, 6.07) is 5.50. The lowest BCUT2D eigenvalue weighted by Gasteiger charge is -2.28. The highest BCUT2D eigenvalue weighted by molar-refractivity contribution is 6.14. The number of nitrogens with one attached hydrogen (secondary N) is 1. The first-order chi connectivity index (χ1) is 11.1. The van der Waals surface area contributed by atoms with Gasteiger partial charge in [-0.05, 0) is 24.5 Å². The van der Waals surface area contributed by atoms with Crippen LogP contribution in [0.3, 0.4) is 0 Å². The second-order valence-electron chi connectivity index (χ2n) is 5.81. The van der Waals surface area contributed by atoms with Crippen molar-refractivity contribution in [1.29, 1.82) is 0 Å². The van der Waals surface area contributed by atoms with E-state index in [0.29, 0.717) is 5.56 Å². The van der Waals surface area contributed by atoms with Gasteiger partial charge in [-0.15, -0.1) is 0 Å². The molecule has 1 heterocycles. The van der Waals surface area contributed by atoms with E-state index >= 15 is 0 Å². The summed E-state index contributed by atoms with van der Waals surface area (Å²) in [5.41, 5.74) is 0.620. The molecule has 1 saturated carbocycles. The smallest absolute Gasteiger partial charge is 0.303 e. The number of hydrogen-bond donors (Lipinski definition) is 1. The van der Waals surface area contributed by atoms with Crippen LogP contribution < -0.4 is 5.32 Å². The maximum Gasteiger partial charge on any atom is 0.329 e. The molecule has 0 atom stereocenters. The lowest BCUT2D eigenvalue weighted by molar-refractivity contribution is -0.384. The Hall–Kier alpha value is -2.70. The standard InChI is InChI=1S/C16H17N3O4/c20-15-14(10-11-5-4-8-13(9-11)19(22)23)17-16(21)18(15)12-6-2-1-3-7-12/h4-5,8-10,12H,1-3,6-7H2,(H,17,21)/b14-10-. The van der Waals surface area contributed by atoms with Gasteiger partial charge in [-0.1, -0.05) is 31.4 Å². The zero-order chi connectivity index (χ0) is 16.4. The SMILES string of the molecule is O=C1N/C(=C\c2cccc([N+](=O)[O-])c2)C(=O)N1C1CCCCC1. The number of carbonyl (C=O) groups is 2. The summed E-state index contributed by atoms with van der Waals surface area (Å²) in [5, 5.41) is 13.4. The van der Waals surface area contributed by atoms with Gasteiger partial charge in [0.15, 0.2) is 0 Å². The van der Waals surface area contributed by atoms with E-state index in [1.807, 2.05) is 0 Å². The number of nitro benzene ring substituents is 1. The number of rotatable bonds is 3. The Kier molecular flexibility index (Phi) is 4.10. The molecule has 1 N–H and O–H groups in total. The third kappa shape index (κ3) is 3.08. The first kappa shape index (κ1) is 15.2. The van der Waals surface area contributed by atoms with E-state index < -0.39 is 11.0 Å². The molecule has 1 aliphatic heterocycles. The minimum Gasteiger partial charge on any atom is -0.303 e. The average Bonchev–Trinajstić information content (AvgIpc) is 2.82. The molecule has 1 aromatic rings. The maximum absolute atomic E-state index is 12.5. The molecule has 23 heavy (non-hydrogen) atoms. The average molecular weight is 315 g/mol. The second kappa shape index (κ2) is 6.20. The highest BCUT2D eigenvalue weighted by Gasteiger charge is 2.38. The molecular weight excluding hydrogens is 298 g/mol. The lowest BCUT2D eigenvalue weighted by atomic mass is 9.94. The van der Waals surface area contributed by atoms with Gasteiger partial charge in [0.2, 0.25) is 0 Å². The Morgan fingerprint density at radius 3 is 2.65 bits per heavy atom. The molecular formula is C16H17N3O4. The summed E-state index contributed by atoms with van der Waals surface area (Å²) in [5.74, 6) is -0.353. The fourth-order valence-corrected chi connectivity index (χ4v) is 3.11. The molecule has 1 saturated heterocycles. The Balaban J connectivity index is 1.83. The van der Waals surface area contributed by atoms with E-state index in [2.05, 4.69) is 5.32 Å². The molecule has 0 spiro atoms. The molecule has 3 rings (SSSR count). The van der Waals surface area contributed by atoms with Gasteiger partial charge in [0.05, 0.1) is 4.92 Å². The number of imide groups is 1.